The number of carbonyl (C=O) groups excluding carboxylic acids is 1. The predicted molar refractivity (Wildman–Crippen MR) is 144 cm³/mol. The van der Waals surface area contributed by atoms with Crippen LogP contribution in [0.2, 0.25) is 0 Å². The van der Waals surface area contributed by atoms with Crippen molar-refractivity contribution in [3.05, 3.63) is 83.4 Å². The molecule has 1 aliphatic rings. The minimum Gasteiger partial charge on any atom is -0.495 e. The highest BCUT2D eigenvalue weighted by Gasteiger charge is 2.36. The lowest BCUT2D eigenvalue weighted by Crippen LogP contribution is -2.52. The topological polar surface area (TPSA) is 70.2 Å². The summed E-state index contributed by atoms with van der Waals surface area (Å²) in [4.78, 5) is 16.1. The predicted octanol–water partition coefficient (Wildman–Crippen LogP) is 5.59. The SMILES string of the molecule is COc1ccc(C)cc1S(=O)(=O)N(CC(=O)N1CCN(c2cccc(C(F)(F)F)c2)CC1)c1cccc(C(F)(F)F)c1. The molecule has 7 nitrogen and oxygen atoms in total. The van der Waals surface area contributed by atoms with Gasteiger partial charge in [-0.2, -0.15) is 26.3 Å². The lowest BCUT2D eigenvalue weighted by molar-refractivity contribution is -0.138. The average molecular weight is 616 g/mol. The maximum absolute atomic E-state index is 13.9. The lowest BCUT2D eigenvalue weighted by atomic mass is 10.1. The number of sulfonamides is 1. The van der Waals surface area contributed by atoms with Crippen molar-refractivity contribution >= 4 is 27.3 Å². The van der Waals surface area contributed by atoms with Gasteiger partial charge in [-0.15, -0.1) is 0 Å². The van der Waals surface area contributed by atoms with Crippen molar-refractivity contribution in [1.82, 2.24) is 4.90 Å². The summed E-state index contributed by atoms with van der Waals surface area (Å²) in [7, 11) is -3.37. The molecule has 1 fully saturated rings. The number of rotatable bonds is 7. The fourth-order valence-electron chi connectivity index (χ4n) is 4.57. The van der Waals surface area contributed by atoms with Gasteiger partial charge in [-0.3, -0.25) is 9.10 Å². The molecule has 3 aromatic rings. The Morgan fingerprint density at radius 3 is 2.05 bits per heavy atom. The highest BCUT2D eigenvalue weighted by atomic mass is 32.2. The average Bonchev–Trinajstić information content (AvgIpc) is 2.95. The quantitative estimate of drug-likeness (QED) is 0.325. The van der Waals surface area contributed by atoms with E-state index < -0.39 is 46.0 Å². The van der Waals surface area contributed by atoms with Crippen LogP contribution in [0.5, 0.6) is 5.75 Å². The highest BCUT2D eigenvalue weighted by molar-refractivity contribution is 7.93. The fraction of sp³-hybridized carbons (Fsp3) is 0.321. The molecule has 3 aromatic carbocycles. The Hall–Kier alpha value is -3.94. The molecule has 4 rings (SSSR count). The summed E-state index contributed by atoms with van der Waals surface area (Å²) in [5, 5.41) is 0. The molecular weight excluding hydrogens is 588 g/mol. The monoisotopic (exact) mass is 615 g/mol. The van der Waals surface area contributed by atoms with Crippen LogP contribution in [0, 0.1) is 6.92 Å². The number of aryl methyl sites for hydroxylation is 1. The molecular formula is C28H27F6N3O4S. The van der Waals surface area contributed by atoms with Crippen molar-refractivity contribution in [3.8, 4) is 5.75 Å². The number of amides is 1. The number of anilines is 2. The summed E-state index contributed by atoms with van der Waals surface area (Å²) in [6.07, 6.45) is -9.29. The summed E-state index contributed by atoms with van der Waals surface area (Å²) in [5.41, 5.74) is -1.43. The molecule has 1 saturated heterocycles. The number of piperazine rings is 1. The zero-order valence-corrected chi connectivity index (χ0v) is 23.4. The first-order valence-electron chi connectivity index (χ1n) is 12.7. The van der Waals surface area contributed by atoms with E-state index in [4.69, 9.17) is 4.74 Å². The molecule has 0 N–H and O–H groups in total. The maximum Gasteiger partial charge on any atom is 0.416 e. The van der Waals surface area contributed by atoms with Crippen molar-refractivity contribution in [2.24, 2.45) is 0 Å². The normalized spacial score (nSPS) is 14.6. The molecule has 1 aliphatic heterocycles. The first-order chi connectivity index (χ1) is 19.6. The number of nitrogens with zero attached hydrogens (tertiary/aromatic N) is 3. The zero-order chi connectivity index (χ0) is 30.9. The van der Waals surface area contributed by atoms with E-state index in [1.165, 1.54) is 36.3 Å². The molecule has 0 aliphatic carbocycles. The van der Waals surface area contributed by atoms with Gasteiger partial charge in [0.2, 0.25) is 5.91 Å². The number of halogens is 6. The van der Waals surface area contributed by atoms with Crippen molar-refractivity contribution in [2.75, 3.05) is 49.0 Å². The largest absolute Gasteiger partial charge is 0.495 e. The van der Waals surface area contributed by atoms with Gasteiger partial charge in [-0.1, -0.05) is 18.2 Å². The number of alkyl halides is 6. The number of benzene rings is 3. The number of carbonyl (C=O) groups is 1. The molecule has 0 aromatic heterocycles. The molecule has 14 heteroatoms. The highest BCUT2D eigenvalue weighted by Crippen LogP contribution is 2.36. The van der Waals surface area contributed by atoms with Crippen LogP contribution in [-0.2, 0) is 27.2 Å². The molecule has 0 atom stereocenters. The zero-order valence-electron chi connectivity index (χ0n) is 22.5. The van der Waals surface area contributed by atoms with Gasteiger partial charge in [0.25, 0.3) is 10.0 Å². The molecule has 0 bridgehead atoms. The van der Waals surface area contributed by atoms with Gasteiger partial charge in [-0.05, 0) is 61.0 Å². The maximum atomic E-state index is 13.9. The van der Waals surface area contributed by atoms with Gasteiger partial charge in [-0.25, -0.2) is 8.42 Å². The second kappa shape index (κ2) is 11.7. The third kappa shape index (κ3) is 6.75. The minimum atomic E-state index is -4.77. The second-order valence-electron chi connectivity index (χ2n) is 9.63. The van der Waals surface area contributed by atoms with Gasteiger partial charge in [0.05, 0.1) is 23.9 Å². The summed E-state index contributed by atoms with van der Waals surface area (Å²) in [5.74, 6) is -0.744. The Morgan fingerprint density at radius 2 is 1.45 bits per heavy atom. The van der Waals surface area contributed by atoms with Crippen LogP contribution in [-0.4, -0.2) is 59.1 Å². The van der Waals surface area contributed by atoms with Gasteiger partial charge in [0.15, 0.2) is 0 Å². The van der Waals surface area contributed by atoms with E-state index in [2.05, 4.69) is 0 Å². The standard InChI is InChI=1S/C28H27F6N3O4S/c1-19-9-10-24(41-2)25(15-19)42(39,40)37(23-8-4-6-21(17-23)28(32,33)34)18-26(38)36-13-11-35(12-14-36)22-7-3-5-20(16-22)27(29,30)31/h3-10,15-17H,11-14,18H2,1-2H3. The van der Waals surface area contributed by atoms with Gasteiger partial charge in [0.1, 0.15) is 17.2 Å². The molecule has 226 valence electrons. The van der Waals surface area contributed by atoms with Crippen LogP contribution in [0.15, 0.2) is 71.6 Å². The molecule has 42 heavy (non-hydrogen) atoms. The summed E-state index contributed by atoms with van der Waals surface area (Å²) < 4.78 is 114. The number of hydrogen-bond acceptors (Lipinski definition) is 5. The number of hydrogen-bond donors (Lipinski definition) is 0. The van der Waals surface area contributed by atoms with E-state index in [1.54, 1.807) is 17.9 Å². The summed E-state index contributed by atoms with van der Waals surface area (Å²) in [6, 6.07) is 12.7. The van der Waals surface area contributed by atoms with Crippen molar-refractivity contribution in [3.63, 3.8) is 0 Å². The van der Waals surface area contributed by atoms with E-state index in [0.29, 0.717) is 21.6 Å². The second-order valence-corrected chi connectivity index (χ2v) is 11.5. The van der Waals surface area contributed by atoms with Crippen LogP contribution in [0.4, 0.5) is 37.7 Å². The molecule has 1 heterocycles. The van der Waals surface area contributed by atoms with E-state index in [0.717, 1.165) is 30.3 Å². The summed E-state index contributed by atoms with van der Waals surface area (Å²) >= 11 is 0. The van der Waals surface area contributed by atoms with Crippen LogP contribution >= 0.6 is 0 Å². The van der Waals surface area contributed by atoms with E-state index in [1.807, 2.05) is 0 Å². The first kappa shape index (κ1) is 31.0. The van der Waals surface area contributed by atoms with Crippen LogP contribution in [0.3, 0.4) is 0 Å². The molecule has 0 saturated carbocycles. The van der Waals surface area contributed by atoms with Gasteiger partial charge < -0.3 is 14.5 Å². The Labute approximate surface area is 238 Å². The Balaban J connectivity index is 1.62. The Kier molecular flexibility index (Phi) is 8.67. The van der Waals surface area contributed by atoms with Crippen molar-refractivity contribution in [2.45, 2.75) is 24.2 Å². The van der Waals surface area contributed by atoms with E-state index >= 15 is 0 Å². The van der Waals surface area contributed by atoms with E-state index in [-0.39, 0.29) is 42.5 Å². The molecule has 0 radical (unpaired) electrons. The van der Waals surface area contributed by atoms with Crippen molar-refractivity contribution in [1.29, 1.82) is 0 Å². The van der Waals surface area contributed by atoms with Crippen LogP contribution < -0.4 is 13.9 Å². The molecule has 1 amide bonds. The Bertz CT molecular complexity index is 1550. The first-order valence-corrected chi connectivity index (χ1v) is 14.1. The number of ether oxygens (including phenoxy) is 1. The van der Waals surface area contributed by atoms with Crippen LogP contribution in [0.25, 0.3) is 0 Å². The lowest BCUT2D eigenvalue weighted by Gasteiger charge is -2.37. The summed E-state index contributed by atoms with van der Waals surface area (Å²) in [6.45, 7) is 1.25. The van der Waals surface area contributed by atoms with Gasteiger partial charge in [0, 0.05) is 31.9 Å². The minimum absolute atomic E-state index is 0.0549. The third-order valence-corrected chi connectivity index (χ3v) is 8.59. The molecule has 0 unspecified atom stereocenters. The molecule has 0 spiro atoms. The van der Waals surface area contributed by atoms with Crippen molar-refractivity contribution < 1.29 is 44.3 Å². The van der Waals surface area contributed by atoms with E-state index in [9.17, 15) is 39.6 Å². The van der Waals surface area contributed by atoms with Crippen LogP contribution in [0.1, 0.15) is 16.7 Å². The number of methoxy groups -OCH3 is 1. The Morgan fingerprint density at radius 1 is 0.857 bits per heavy atom. The fourth-order valence-corrected chi connectivity index (χ4v) is 6.22. The van der Waals surface area contributed by atoms with Gasteiger partial charge >= 0.3 is 12.4 Å². The third-order valence-electron chi connectivity index (χ3n) is 6.80. The smallest absolute Gasteiger partial charge is 0.416 e.